The van der Waals surface area contributed by atoms with Gasteiger partial charge in [-0.05, 0) is 95.2 Å². The van der Waals surface area contributed by atoms with E-state index in [4.69, 9.17) is 4.74 Å². The topological polar surface area (TPSA) is 116 Å². The van der Waals surface area contributed by atoms with Crippen LogP contribution in [-0.4, -0.2) is 40.9 Å². The van der Waals surface area contributed by atoms with E-state index in [1.807, 2.05) is 6.92 Å². The molecule has 4 aromatic carbocycles. The maximum atomic E-state index is 15.3. The number of anilines is 2. The van der Waals surface area contributed by atoms with E-state index in [1.54, 1.807) is 66.7 Å². The van der Waals surface area contributed by atoms with Crippen LogP contribution in [0.2, 0.25) is 0 Å². The van der Waals surface area contributed by atoms with Gasteiger partial charge in [0.2, 0.25) is 11.8 Å². The van der Waals surface area contributed by atoms with Crippen LogP contribution >= 0.6 is 15.9 Å². The molecule has 0 aromatic heterocycles. The van der Waals surface area contributed by atoms with Crippen LogP contribution in [-0.2, 0) is 36.9 Å². The first-order valence-corrected chi connectivity index (χ1v) is 18.9. The van der Waals surface area contributed by atoms with Crippen LogP contribution in [0.3, 0.4) is 0 Å². The lowest BCUT2D eigenvalue weighted by molar-refractivity contribution is -0.143. The second-order valence-corrected chi connectivity index (χ2v) is 15.8. The molecular weight excluding hydrogens is 836 g/mol. The van der Waals surface area contributed by atoms with Crippen LogP contribution in [0.1, 0.15) is 46.6 Å². The second-order valence-electron chi connectivity index (χ2n) is 14.9. The maximum absolute atomic E-state index is 15.3. The van der Waals surface area contributed by atoms with Gasteiger partial charge in [0.25, 0.3) is 11.8 Å². The Labute approximate surface area is 335 Å². The number of ether oxygens (including phenoxy) is 1. The number of phenolic OH excluding ortho intramolecular Hbond substituents is 1. The second kappa shape index (κ2) is 13.7. The predicted octanol–water partition coefficient (Wildman–Crippen LogP) is 8.70. The summed E-state index contributed by atoms with van der Waals surface area (Å²) in [6.45, 7) is 1.87. The van der Waals surface area contributed by atoms with E-state index in [-0.39, 0.29) is 34.9 Å². The Morgan fingerprint density at radius 2 is 1.47 bits per heavy atom. The van der Waals surface area contributed by atoms with Crippen molar-refractivity contribution in [1.82, 2.24) is 5.01 Å². The first-order chi connectivity index (χ1) is 27.4. The highest BCUT2D eigenvalue weighted by Gasteiger charge is 2.70. The summed E-state index contributed by atoms with van der Waals surface area (Å²) in [5.74, 6) is -9.37. The van der Waals surface area contributed by atoms with Gasteiger partial charge in [0.05, 0.1) is 57.3 Å². The third kappa shape index (κ3) is 5.97. The van der Waals surface area contributed by atoms with Gasteiger partial charge in [-0.25, -0.2) is 4.90 Å². The van der Waals surface area contributed by atoms with Crippen molar-refractivity contribution in [2.45, 2.75) is 43.5 Å². The number of hydrazine groups is 1. The summed E-state index contributed by atoms with van der Waals surface area (Å²) >= 11 is 3.37. The third-order valence-corrected chi connectivity index (χ3v) is 12.4. The smallest absolute Gasteiger partial charge is 0.416 e. The molecule has 2 aliphatic carbocycles. The number of alkyl halides is 6. The zero-order valence-corrected chi connectivity index (χ0v) is 32.1. The van der Waals surface area contributed by atoms with Crippen molar-refractivity contribution in [3.63, 3.8) is 0 Å². The number of aromatic hydroxyl groups is 1. The van der Waals surface area contributed by atoms with Crippen molar-refractivity contribution in [1.29, 1.82) is 0 Å². The van der Waals surface area contributed by atoms with Gasteiger partial charge in [0, 0.05) is 5.92 Å². The van der Waals surface area contributed by atoms with E-state index in [1.165, 1.54) is 13.2 Å². The normalized spacial score (nSPS) is 25.7. The highest BCUT2D eigenvalue weighted by molar-refractivity contribution is 9.10. The summed E-state index contributed by atoms with van der Waals surface area (Å²) in [7, 11) is 1.32. The summed E-state index contributed by atoms with van der Waals surface area (Å²) in [6, 6.07) is 19.2. The molecule has 2 saturated heterocycles. The average molecular weight is 869 g/mol. The zero-order valence-electron chi connectivity index (χ0n) is 30.5. The Balaban J connectivity index is 1.32. The summed E-state index contributed by atoms with van der Waals surface area (Å²) in [5, 5.41) is 11.8. The van der Waals surface area contributed by atoms with Gasteiger partial charge in [0.1, 0.15) is 0 Å². The highest BCUT2D eigenvalue weighted by Crippen LogP contribution is 2.65. The zero-order chi connectivity index (χ0) is 41.6. The number of carbonyl (C=O) groups is 4. The van der Waals surface area contributed by atoms with Gasteiger partial charge in [0.15, 0.2) is 11.5 Å². The predicted molar refractivity (Wildman–Crippen MR) is 200 cm³/mol. The van der Waals surface area contributed by atoms with E-state index in [0.29, 0.717) is 39.4 Å². The molecule has 0 bridgehead atoms. The molecule has 6 atom stereocenters. The summed E-state index contributed by atoms with van der Waals surface area (Å²) in [5.41, 5.74) is -0.389. The Morgan fingerprint density at radius 1 is 0.828 bits per heavy atom. The van der Waals surface area contributed by atoms with Gasteiger partial charge in [-0.2, -0.15) is 31.4 Å². The lowest BCUT2D eigenvalue weighted by atomic mass is 9.49. The lowest BCUT2D eigenvalue weighted by Gasteiger charge is -2.50. The minimum atomic E-state index is -5.24. The maximum Gasteiger partial charge on any atom is 0.416 e. The number of carbonyl (C=O) groups excluding carboxylic acids is 4. The summed E-state index contributed by atoms with van der Waals surface area (Å²) in [4.78, 5) is 59.2. The molecule has 0 spiro atoms. The van der Waals surface area contributed by atoms with Gasteiger partial charge in [-0.15, -0.1) is 0 Å². The number of nitrogens with zero attached hydrogens (tertiary/aromatic N) is 2. The molecule has 58 heavy (non-hydrogen) atoms. The number of phenols is 1. The fraction of sp³-hybridized carbons (Fsp3) is 0.286. The lowest BCUT2D eigenvalue weighted by Crippen LogP contribution is -2.53. The molecule has 8 rings (SSSR count). The number of hydrogen-bond acceptors (Lipinski definition) is 7. The number of allylic oxidation sites excluding steroid dienone is 2. The van der Waals surface area contributed by atoms with Gasteiger partial charge in [-0.1, -0.05) is 59.7 Å². The average Bonchev–Trinajstić information content (AvgIpc) is 3.56. The molecule has 2 N–H and O–H groups in total. The minimum absolute atomic E-state index is 0.00951. The Bertz CT molecular complexity index is 2390. The van der Waals surface area contributed by atoms with E-state index in [9.17, 15) is 45.8 Å². The van der Waals surface area contributed by atoms with Crippen LogP contribution < -0.4 is 15.1 Å². The quantitative estimate of drug-likeness (QED) is 0.113. The first-order valence-electron chi connectivity index (χ1n) is 18.1. The van der Waals surface area contributed by atoms with E-state index < -0.39 is 87.8 Å². The highest BCUT2D eigenvalue weighted by atomic mass is 79.9. The molecule has 9 nitrogen and oxygen atoms in total. The molecule has 4 amide bonds. The summed E-state index contributed by atoms with van der Waals surface area (Å²) < 4.78 is 89.3. The van der Waals surface area contributed by atoms with Crippen molar-refractivity contribution >= 4 is 50.9 Å². The Kier molecular flexibility index (Phi) is 9.29. The number of fused-ring (bicyclic) bond motifs is 4. The number of nitrogens with one attached hydrogen (secondary N) is 1. The van der Waals surface area contributed by atoms with Gasteiger partial charge in [-0.3, -0.25) is 24.6 Å². The molecular formula is C42H32BrF6N3O6. The van der Waals surface area contributed by atoms with E-state index >= 15 is 4.79 Å². The number of imide groups is 2. The SMILES string of the molecule is COc1cc(C2C3=CCC4C(=O)N(c5cc(C(F)(F)F)cc(C(F)(F)F)c5)C(=O)C4C3CC3C(=O)N(Nc4ccc(C)cc4)C(=O)C32c2ccccc2)cc(Br)c1O. The molecule has 16 heteroatoms. The van der Waals surface area contributed by atoms with Gasteiger partial charge < -0.3 is 9.84 Å². The Morgan fingerprint density at radius 3 is 2.07 bits per heavy atom. The monoisotopic (exact) mass is 867 g/mol. The van der Waals surface area contributed by atoms with Gasteiger partial charge >= 0.3 is 12.4 Å². The van der Waals surface area contributed by atoms with Crippen LogP contribution in [0.5, 0.6) is 11.5 Å². The molecule has 0 radical (unpaired) electrons. The molecule has 1 saturated carbocycles. The van der Waals surface area contributed by atoms with Crippen molar-refractivity contribution in [2.24, 2.45) is 23.7 Å². The number of hydrogen-bond donors (Lipinski definition) is 2. The van der Waals surface area contributed by atoms with Crippen LogP contribution in [0.4, 0.5) is 37.7 Å². The van der Waals surface area contributed by atoms with E-state index in [0.717, 1.165) is 10.6 Å². The van der Waals surface area contributed by atoms with Crippen molar-refractivity contribution in [2.75, 3.05) is 17.4 Å². The number of halogens is 7. The molecule has 300 valence electrons. The molecule has 4 aliphatic rings. The number of benzene rings is 4. The van der Waals surface area contributed by atoms with Crippen molar-refractivity contribution < 1.29 is 55.4 Å². The largest absolute Gasteiger partial charge is 0.503 e. The van der Waals surface area contributed by atoms with Crippen LogP contribution in [0, 0.1) is 30.6 Å². The fourth-order valence-corrected chi connectivity index (χ4v) is 9.82. The first kappa shape index (κ1) is 39.2. The number of amides is 4. The summed E-state index contributed by atoms with van der Waals surface area (Å²) in [6.07, 6.45) is -9.14. The standard InChI is InChI=1S/C42H32BrF6N3O6/c1-20-8-10-25(11-9-20)50-52-37(55)30-19-29-27(34(21-14-31(43)35(53)32(15-21)58-2)40(30,39(52)57)22-6-4-3-5-7-22)12-13-28-33(29)38(56)51(36(28)54)26-17-23(41(44,45)46)16-24(18-26)42(47,48)49/h3-12,14-18,28-30,33-34,50,53H,13,19H2,1-2H3. The van der Waals surface area contributed by atoms with Crippen LogP contribution in [0.25, 0.3) is 0 Å². The minimum Gasteiger partial charge on any atom is -0.503 e. The number of rotatable bonds is 6. The number of methoxy groups -OCH3 is 1. The molecule has 4 aromatic rings. The third-order valence-electron chi connectivity index (χ3n) is 11.8. The Hall–Kier alpha value is -5.64. The van der Waals surface area contributed by atoms with Crippen LogP contribution in [0.15, 0.2) is 101 Å². The molecule has 3 fully saturated rings. The molecule has 2 aliphatic heterocycles. The number of aryl methyl sites for hydroxylation is 1. The van der Waals surface area contributed by atoms with Crippen molar-refractivity contribution in [3.05, 3.63) is 129 Å². The fourth-order valence-electron chi connectivity index (χ4n) is 9.36. The molecule has 2 heterocycles. The van der Waals surface area contributed by atoms with Crippen molar-refractivity contribution in [3.8, 4) is 11.5 Å². The van der Waals surface area contributed by atoms with E-state index in [2.05, 4.69) is 21.4 Å². The molecule has 6 unspecified atom stereocenters.